The van der Waals surface area contributed by atoms with E-state index in [1.165, 1.54) is 24.3 Å². The van der Waals surface area contributed by atoms with Crippen LogP contribution in [-0.4, -0.2) is 92.8 Å². The van der Waals surface area contributed by atoms with Crippen LogP contribution in [0.25, 0.3) is 0 Å². The van der Waals surface area contributed by atoms with Crippen molar-refractivity contribution in [3.63, 3.8) is 0 Å². The minimum atomic E-state index is -2.00. The number of carboxylic acid groups (broad SMARTS) is 1. The molecule has 0 saturated carbocycles. The molecule has 0 unspecified atom stereocenters. The molecule has 7 atom stereocenters. The lowest BCUT2D eigenvalue weighted by molar-refractivity contribution is -0.178. The van der Waals surface area contributed by atoms with Crippen molar-refractivity contribution in [1.29, 1.82) is 0 Å². The number of carboxylic acids is 1. The summed E-state index contributed by atoms with van der Waals surface area (Å²) in [6.45, 7) is 5.49. The molecule has 0 bridgehead atoms. The summed E-state index contributed by atoms with van der Waals surface area (Å²) < 4.78 is 21.8. The molecular formula is C33H37NO12. The standard InChI is InChI=1S/C33H37NO12/c1-17-10-11-21(35)27-25(17)32-14-15-34(4)19(3)33(32,42)13-12-23(28(32)45-27)44-31(41)22(36)16-24(37)43-18(2)30(40)46-26(29(38)39)20-8-6-5-7-9-20/h5-12,18-19,22,26,28,35-36,42H,13-16H2,1-4H3,(H,38,39)/t18-,19+,22-,26-,28-,32-,33+/m0/s1. The van der Waals surface area contributed by atoms with E-state index in [0.29, 0.717) is 18.5 Å². The Morgan fingerprint density at radius 1 is 1.09 bits per heavy atom. The normalized spacial score (nSPS) is 27.0. The highest BCUT2D eigenvalue weighted by molar-refractivity contribution is 5.85. The van der Waals surface area contributed by atoms with Crippen molar-refractivity contribution in [2.75, 3.05) is 13.6 Å². The molecule has 46 heavy (non-hydrogen) atoms. The third-order valence-electron chi connectivity index (χ3n) is 9.38. The van der Waals surface area contributed by atoms with Crippen LogP contribution in [0.5, 0.6) is 11.5 Å². The number of ether oxygens (including phenoxy) is 4. The van der Waals surface area contributed by atoms with Crippen LogP contribution in [0.4, 0.5) is 0 Å². The number of likely N-dealkylation sites (N-methyl/N-ethyl adjacent to an activating group) is 1. The van der Waals surface area contributed by atoms with Crippen LogP contribution < -0.4 is 4.74 Å². The first-order valence-electron chi connectivity index (χ1n) is 14.9. The van der Waals surface area contributed by atoms with Crippen LogP contribution in [-0.2, 0) is 38.8 Å². The largest absolute Gasteiger partial charge is 0.504 e. The molecule has 1 aliphatic carbocycles. The van der Waals surface area contributed by atoms with E-state index in [2.05, 4.69) is 0 Å². The number of carbonyl (C=O) groups excluding carboxylic acids is 3. The maximum absolute atomic E-state index is 13.0. The van der Waals surface area contributed by atoms with Gasteiger partial charge in [0.15, 0.2) is 29.8 Å². The Kier molecular flexibility index (Phi) is 8.86. The monoisotopic (exact) mass is 639 g/mol. The second-order valence-electron chi connectivity index (χ2n) is 12.1. The molecule has 0 aromatic heterocycles. The minimum absolute atomic E-state index is 0.0198. The Bertz CT molecular complexity index is 1570. The average molecular weight is 640 g/mol. The van der Waals surface area contributed by atoms with Gasteiger partial charge >= 0.3 is 23.9 Å². The highest BCUT2D eigenvalue weighted by atomic mass is 16.6. The van der Waals surface area contributed by atoms with Crippen LogP contribution in [0, 0.1) is 6.92 Å². The molecule has 2 aromatic rings. The number of aliphatic carboxylic acids is 1. The van der Waals surface area contributed by atoms with Gasteiger partial charge < -0.3 is 44.3 Å². The number of likely N-dealkylation sites (tertiary alicyclic amines) is 1. The number of carbonyl (C=O) groups is 4. The minimum Gasteiger partial charge on any atom is -0.504 e. The molecular weight excluding hydrogens is 602 g/mol. The van der Waals surface area contributed by atoms with E-state index in [-0.39, 0.29) is 35.3 Å². The van der Waals surface area contributed by atoms with Crippen LogP contribution >= 0.6 is 0 Å². The van der Waals surface area contributed by atoms with Crippen molar-refractivity contribution in [1.82, 2.24) is 4.90 Å². The molecule has 13 nitrogen and oxygen atoms in total. The lowest BCUT2D eigenvalue weighted by Crippen LogP contribution is -2.71. The number of benzene rings is 2. The first-order valence-corrected chi connectivity index (χ1v) is 14.9. The number of aryl methyl sites for hydroxylation is 1. The van der Waals surface area contributed by atoms with Crippen molar-refractivity contribution in [2.24, 2.45) is 0 Å². The molecule has 2 aromatic carbocycles. The molecule has 13 heteroatoms. The highest BCUT2D eigenvalue weighted by Crippen LogP contribution is 2.62. The fourth-order valence-electron chi connectivity index (χ4n) is 6.82. The van der Waals surface area contributed by atoms with Gasteiger partial charge in [-0.2, -0.15) is 0 Å². The predicted molar refractivity (Wildman–Crippen MR) is 158 cm³/mol. The number of fused-ring (bicyclic) bond motifs is 1. The van der Waals surface area contributed by atoms with Crippen molar-refractivity contribution in [3.8, 4) is 11.5 Å². The second-order valence-corrected chi connectivity index (χ2v) is 12.1. The zero-order valence-corrected chi connectivity index (χ0v) is 25.8. The van der Waals surface area contributed by atoms with E-state index < -0.39 is 65.7 Å². The number of hydrogen-bond donors (Lipinski definition) is 4. The van der Waals surface area contributed by atoms with Gasteiger partial charge in [-0.1, -0.05) is 36.4 Å². The molecule has 246 valence electrons. The van der Waals surface area contributed by atoms with Crippen LogP contribution in [0.2, 0.25) is 0 Å². The molecule has 0 radical (unpaired) electrons. The topological polar surface area (TPSA) is 189 Å². The lowest BCUT2D eigenvalue weighted by atomic mass is 9.54. The molecule has 1 saturated heterocycles. The number of phenolic OH excluding ortho intramolecular Hbond substituents is 1. The smallest absolute Gasteiger partial charge is 0.349 e. The average Bonchev–Trinajstić information content (AvgIpc) is 3.39. The molecule has 1 fully saturated rings. The van der Waals surface area contributed by atoms with Gasteiger partial charge in [0, 0.05) is 23.6 Å². The number of nitrogens with zero attached hydrogens (tertiary/aromatic N) is 1. The maximum atomic E-state index is 13.0. The molecule has 5 rings (SSSR count). The van der Waals surface area contributed by atoms with Gasteiger partial charge in [0.2, 0.25) is 6.10 Å². The van der Waals surface area contributed by atoms with Gasteiger partial charge in [-0.05, 0) is 58.5 Å². The summed E-state index contributed by atoms with van der Waals surface area (Å²) in [4.78, 5) is 51.7. The zero-order valence-electron chi connectivity index (χ0n) is 25.8. The molecule has 0 amide bonds. The molecule has 4 N–H and O–H groups in total. The van der Waals surface area contributed by atoms with E-state index in [1.54, 1.807) is 24.3 Å². The van der Waals surface area contributed by atoms with E-state index >= 15 is 0 Å². The Balaban J connectivity index is 1.27. The van der Waals surface area contributed by atoms with Gasteiger partial charge in [0.1, 0.15) is 5.76 Å². The molecule has 1 spiro atoms. The summed E-state index contributed by atoms with van der Waals surface area (Å²) in [6, 6.07) is 10.6. The van der Waals surface area contributed by atoms with Crippen molar-refractivity contribution in [3.05, 3.63) is 71.0 Å². The van der Waals surface area contributed by atoms with Gasteiger partial charge in [-0.3, -0.25) is 4.79 Å². The van der Waals surface area contributed by atoms with E-state index in [0.717, 1.165) is 12.5 Å². The number of aliphatic hydroxyl groups excluding tert-OH is 1. The van der Waals surface area contributed by atoms with Crippen LogP contribution in [0.1, 0.15) is 55.9 Å². The van der Waals surface area contributed by atoms with Crippen molar-refractivity contribution in [2.45, 2.75) is 81.5 Å². The number of aliphatic hydroxyl groups is 2. The summed E-state index contributed by atoms with van der Waals surface area (Å²) in [5.74, 6) is -4.83. The number of phenols is 1. The Hall–Kier alpha value is -4.46. The summed E-state index contributed by atoms with van der Waals surface area (Å²) in [5, 5.41) is 43.0. The summed E-state index contributed by atoms with van der Waals surface area (Å²) >= 11 is 0. The number of aromatic hydroxyl groups is 1. The third-order valence-corrected chi connectivity index (χ3v) is 9.38. The fourth-order valence-corrected chi connectivity index (χ4v) is 6.82. The summed E-state index contributed by atoms with van der Waals surface area (Å²) in [6.07, 6.45) is -5.08. The molecule has 2 heterocycles. The molecule has 3 aliphatic rings. The molecule has 2 aliphatic heterocycles. The van der Waals surface area contributed by atoms with Gasteiger partial charge in [-0.15, -0.1) is 0 Å². The number of hydrogen-bond acceptors (Lipinski definition) is 12. The lowest BCUT2D eigenvalue weighted by Gasteiger charge is -2.58. The van der Waals surface area contributed by atoms with Crippen molar-refractivity contribution >= 4 is 23.9 Å². The van der Waals surface area contributed by atoms with Gasteiger partial charge in [-0.25, -0.2) is 14.4 Å². The summed E-state index contributed by atoms with van der Waals surface area (Å²) in [7, 11) is 1.90. The van der Waals surface area contributed by atoms with Crippen molar-refractivity contribution < 1.29 is 58.6 Å². The maximum Gasteiger partial charge on any atom is 0.349 e. The zero-order chi connectivity index (χ0) is 33.6. The number of piperidine rings is 1. The third kappa shape index (κ3) is 5.48. The summed E-state index contributed by atoms with van der Waals surface area (Å²) in [5.41, 5.74) is -0.838. The SMILES string of the molecule is Cc1ccc(O)c2c1[C@]13CCN(C)[C@H](C)[C@]1(O)CC=C(OC(=O)[C@@H](O)CC(=O)O[C@@H](C)C(=O)O[C@H](C(=O)O)c1ccccc1)[C@@H]3O2. The number of esters is 3. The van der Waals surface area contributed by atoms with E-state index in [4.69, 9.17) is 18.9 Å². The first-order chi connectivity index (χ1) is 21.7. The second kappa shape index (κ2) is 12.4. The van der Waals surface area contributed by atoms with E-state index in [1.807, 2.05) is 25.8 Å². The first kappa shape index (κ1) is 32.9. The van der Waals surface area contributed by atoms with Gasteiger partial charge in [0.05, 0.1) is 17.4 Å². The Labute approximate surface area is 264 Å². The van der Waals surface area contributed by atoms with Gasteiger partial charge in [0.25, 0.3) is 0 Å². The van der Waals surface area contributed by atoms with E-state index in [9.17, 15) is 39.6 Å². The van der Waals surface area contributed by atoms with Crippen LogP contribution in [0.15, 0.2) is 54.3 Å². The highest BCUT2D eigenvalue weighted by Gasteiger charge is 2.69. The predicted octanol–water partition coefficient (Wildman–Crippen LogP) is 2.04. The number of rotatable bonds is 9. The fraction of sp³-hybridized carbons (Fsp3) is 0.455. The van der Waals surface area contributed by atoms with Crippen LogP contribution in [0.3, 0.4) is 0 Å². The Morgan fingerprint density at radius 2 is 1.78 bits per heavy atom. The Morgan fingerprint density at radius 3 is 2.46 bits per heavy atom. The quantitative estimate of drug-likeness (QED) is 0.231.